The van der Waals surface area contributed by atoms with E-state index in [2.05, 4.69) is 15.1 Å². The lowest BCUT2D eigenvalue weighted by molar-refractivity contribution is 0.852. The van der Waals surface area contributed by atoms with E-state index >= 15 is 0 Å². The van der Waals surface area contributed by atoms with E-state index in [-0.39, 0.29) is 5.56 Å². The predicted molar refractivity (Wildman–Crippen MR) is 82.6 cm³/mol. The summed E-state index contributed by atoms with van der Waals surface area (Å²) in [5, 5.41) is 5.68. The third-order valence-corrected chi connectivity index (χ3v) is 5.61. The van der Waals surface area contributed by atoms with Crippen LogP contribution in [-0.4, -0.2) is 19.6 Å². The number of thiazole rings is 1. The van der Waals surface area contributed by atoms with E-state index in [0.29, 0.717) is 15.8 Å². The molecule has 0 amide bonds. The van der Waals surface area contributed by atoms with Crippen molar-refractivity contribution < 1.29 is 0 Å². The van der Waals surface area contributed by atoms with E-state index in [1.807, 2.05) is 6.92 Å². The van der Waals surface area contributed by atoms with E-state index in [1.165, 1.54) is 33.3 Å². The standard InChI is InChI=1S/C11H11N5OS3/c1-2-7-15-16-8(17)3-6(14-11(16)19-7)5-18-9-4-13-10(12)20-9/h3-4H,2,5H2,1H3,(H2,12,13). The molecule has 0 atom stereocenters. The number of nitrogens with two attached hydrogens (primary N) is 1. The number of nitrogen functional groups attached to an aromatic ring is 1. The molecule has 0 spiro atoms. The first-order chi connectivity index (χ1) is 9.65. The summed E-state index contributed by atoms with van der Waals surface area (Å²) in [6, 6.07) is 1.53. The molecule has 3 aromatic rings. The van der Waals surface area contributed by atoms with E-state index < -0.39 is 0 Å². The molecule has 0 fully saturated rings. The van der Waals surface area contributed by atoms with Gasteiger partial charge in [0.1, 0.15) is 5.01 Å². The third-order valence-electron chi connectivity index (χ3n) is 2.51. The number of fused-ring (bicyclic) bond motifs is 1. The van der Waals surface area contributed by atoms with Gasteiger partial charge >= 0.3 is 0 Å². The van der Waals surface area contributed by atoms with Gasteiger partial charge in [0.2, 0.25) is 4.96 Å². The van der Waals surface area contributed by atoms with Gasteiger partial charge in [-0.1, -0.05) is 29.6 Å². The van der Waals surface area contributed by atoms with Gasteiger partial charge in [0.25, 0.3) is 5.56 Å². The van der Waals surface area contributed by atoms with Gasteiger partial charge in [-0.3, -0.25) is 4.79 Å². The fourth-order valence-corrected chi connectivity index (χ4v) is 4.11. The van der Waals surface area contributed by atoms with Crippen LogP contribution < -0.4 is 11.3 Å². The summed E-state index contributed by atoms with van der Waals surface area (Å²) in [4.78, 5) is 21.1. The quantitative estimate of drug-likeness (QED) is 0.739. The first-order valence-corrected chi connectivity index (χ1v) is 8.50. The first kappa shape index (κ1) is 13.5. The Morgan fingerprint density at radius 3 is 3.00 bits per heavy atom. The summed E-state index contributed by atoms with van der Waals surface area (Å²) < 4.78 is 2.38. The zero-order valence-electron chi connectivity index (χ0n) is 10.6. The molecule has 0 bridgehead atoms. The molecule has 0 aliphatic rings. The number of hydrogen-bond acceptors (Lipinski definition) is 8. The van der Waals surface area contributed by atoms with Crippen molar-refractivity contribution in [1.29, 1.82) is 0 Å². The lowest BCUT2D eigenvalue weighted by Gasteiger charge is -1.98. The Hall–Kier alpha value is -1.45. The van der Waals surface area contributed by atoms with Crippen LogP contribution in [0.25, 0.3) is 4.96 Å². The van der Waals surface area contributed by atoms with Gasteiger partial charge in [0.05, 0.1) is 16.1 Å². The molecule has 0 unspecified atom stereocenters. The van der Waals surface area contributed by atoms with Crippen LogP contribution in [0.4, 0.5) is 5.13 Å². The molecule has 0 aliphatic heterocycles. The molecule has 2 N–H and O–H groups in total. The van der Waals surface area contributed by atoms with Crippen molar-refractivity contribution in [3.8, 4) is 0 Å². The summed E-state index contributed by atoms with van der Waals surface area (Å²) in [5.74, 6) is 0.618. The molecular formula is C11H11N5OS3. The van der Waals surface area contributed by atoms with Crippen LogP contribution in [0, 0.1) is 0 Å². The highest BCUT2D eigenvalue weighted by Gasteiger charge is 2.09. The van der Waals surface area contributed by atoms with Crippen LogP contribution in [0.2, 0.25) is 0 Å². The summed E-state index contributed by atoms with van der Waals surface area (Å²) in [6.07, 6.45) is 2.54. The number of anilines is 1. The van der Waals surface area contributed by atoms with Crippen LogP contribution in [0.15, 0.2) is 21.3 Å². The second-order valence-electron chi connectivity index (χ2n) is 3.94. The molecule has 104 valence electrons. The van der Waals surface area contributed by atoms with Crippen LogP contribution >= 0.6 is 34.4 Å². The SMILES string of the molecule is CCc1nn2c(=O)cc(CSc3cnc(N)s3)nc2s1. The molecule has 20 heavy (non-hydrogen) atoms. The van der Waals surface area contributed by atoms with Gasteiger partial charge < -0.3 is 5.73 Å². The monoisotopic (exact) mass is 325 g/mol. The number of aromatic nitrogens is 4. The Kier molecular flexibility index (Phi) is 3.72. The Bertz CT molecular complexity index is 806. The molecule has 3 rings (SSSR count). The van der Waals surface area contributed by atoms with Crippen molar-refractivity contribution in [2.45, 2.75) is 23.3 Å². The molecule has 3 heterocycles. The van der Waals surface area contributed by atoms with Crippen LogP contribution in [0.5, 0.6) is 0 Å². The van der Waals surface area contributed by atoms with Gasteiger partial charge in [-0.2, -0.15) is 9.61 Å². The maximum atomic E-state index is 12.0. The van der Waals surface area contributed by atoms with Crippen molar-refractivity contribution in [3.63, 3.8) is 0 Å². The van der Waals surface area contributed by atoms with Crippen molar-refractivity contribution >= 4 is 44.5 Å². The van der Waals surface area contributed by atoms with E-state index in [4.69, 9.17) is 5.73 Å². The van der Waals surface area contributed by atoms with E-state index in [1.54, 1.807) is 18.0 Å². The second-order valence-corrected chi connectivity index (χ2v) is 7.31. The molecule has 0 radical (unpaired) electrons. The highest BCUT2D eigenvalue weighted by Crippen LogP contribution is 2.28. The number of rotatable bonds is 4. The minimum absolute atomic E-state index is 0.134. The molecular weight excluding hydrogens is 314 g/mol. The van der Waals surface area contributed by atoms with E-state index in [9.17, 15) is 4.79 Å². The number of aryl methyl sites for hydroxylation is 1. The smallest absolute Gasteiger partial charge is 0.275 e. The Morgan fingerprint density at radius 2 is 2.30 bits per heavy atom. The van der Waals surface area contributed by atoms with Gasteiger partial charge in [-0.15, -0.1) is 11.8 Å². The van der Waals surface area contributed by atoms with Gasteiger partial charge in [-0.25, -0.2) is 9.97 Å². The van der Waals surface area contributed by atoms with Crippen molar-refractivity contribution in [2.75, 3.05) is 5.73 Å². The summed E-state index contributed by atoms with van der Waals surface area (Å²) in [7, 11) is 0. The summed E-state index contributed by atoms with van der Waals surface area (Å²) >= 11 is 4.46. The zero-order valence-corrected chi connectivity index (χ0v) is 13.0. The summed E-state index contributed by atoms with van der Waals surface area (Å²) in [6.45, 7) is 2.01. The second kappa shape index (κ2) is 5.51. The minimum Gasteiger partial charge on any atom is -0.375 e. The summed E-state index contributed by atoms with van der Waals surface area (Å²) in [5.41, 5.74) is 6.20. The maximum absolute atomic E-state index is 12.0. The Morgan fingerprint density at radius 1 is 1.45 bits per heavy atom. The highest BCUT2D eigenvalue weighted by atomic mass is 32.2. The zero-order chi connectivity index (χ0) is 14.1. The first-order valence-electron chi connectivity index (χ1n) is 5.88. The molecule has 9 heteroatoms. The molecule has 0 aliphatic carbocycles. The van der Waals surface area contributed by atoms with Crippen molar-refractivity contribution in [2.24, 2.45) is 0 Å². The number of thioether (sulfide) groups is 1. The molecule has 3 aromatic heterocycles. The van der Waals surface area contributed by atoms with Crippen molar-refractivity contribution in [1.82, 2.24) is 19.6 Å². The predicted octanol–water partition coefficient (Wildman–Crippen LogP) is 2.04. The molecule has 6 nitrogen and oxygen atoms in total. The van der Waals surface area contributed by atoms with Crippen molar-refractivity contribution in [3.05, 3.63) is 33.3 Å². The molecule has 0 saturated heterocycles. The largest absolute Gasteiger partial charge is 0.375 e. The van der Waals surface area contributed by atoms with Gasteiger partial charge in [-0.05, 0) is 6.42 Å². The topological polar surface area (TPSA) is 86.2 Å². The lowest BCUT2D eigenvalue weighted by atomic mass is 10.4. The fraction of sp³-hybridized carbons (Fsp3) is 0.273. The molecule has 0 saturated carbocycles. The average Bonchev–Trinajstić information content (AvgIpc) is 3.02. The minimum atomic E-state index is -0.134. The van der Waals surface area contributed by atoms with Gasteiger partial charge in [0, 0.05) is 11.8 Å². The fourth-order valence-electron chi connectivity index (χ4n) is 1.60. The highest BCUT2D eigenvalue weighted by molar-refractivity contribution is 8.00. The molecule has 0 aromatic carbocycles. The Balaban J connectivity index is 1.86. The normalized spacial score (nSPS) is 11.2. The average molecular weight is 325 g/mol. The van der Waals surface area contributed by atoms with Crippen LogP contribution in [0.1, 0.15) is 17.6 Å². The maximum Gasteiger partial charge on any atom is 0.275 e. The van der Waals surface area contributed by atoms with Crippen LogP contribution in [0.3, 0.4) is 0 Å². The third kappa shape index (κ3) is 2.69. The van der Waals surface area contributed by atoms with E-state index in [0.717, 1.165) is 21.3 Å². The Labute approximate surface area is 126 Å². The van der Waals surface area contributed by atoms with Gasteiger partial charge in [0.15, 0.2) is 5.13 Å². The van der Waals surface area contributed by atoms with Crippen LogP contribution in [-0.2, 0) is 12.2 Å². The number of hydrogen-bond donors (Lipinski definition) is 1. The number of nitrogens with zero attached hydrogens (tertiary/aromatic N) is 4. The lowest BCUT2D eigenvalue weighted by Crippen LogP contribution is -2.15.